The Bertz CT molecular complexity index is 1640. The summed E-state index contributed by atoms with van der Waals surface area (Å²) >= 11 is 0. The summed E-state index contributed by atoms with van der Waals surface area (Å²) in [5.41, 5.74) is 0. The highest BCUT2D eigenvalue weighted by Crippen LogP contribution is 2.24. The minimum atomic E-state index is -0.159. The van der Waals surface area contributed by atoms with Crippen molar-refractivity contribution in [1.82, 2.24) is 0 Å². The highest BCUT2D eigenvalue weighted by atomic mass is 16.5. The first-order valence-corrected chi connectivity index (χ1v) is 29.5. The van der Waals surface area contributed by atoms with E-state index in [1.165, 1.54) is 186 Å². The van der Waals surface area contributed by atoms with Crippen LogP contribution in [-0.2, 0) is 28.4 Å². The van der Waals surface area contributed by atoms with Crippen LogP contribution in [0.4, 0.5) is 0 Å². The van der Waals surface area contributed by atoms with Gasteiger partial charge in [0.1, 0.15) is 0 Å². The molecule has 6 rings (SSSR count). The summed E-state index contributed by atoms with van der Waals surface area (Å²) in [5, 5.41) is 9.86. The van der Waals surface area contributed by atoms with E-state index < -0.39 is 0 Å². The molecule has 6 unspecified atom stereocenters. The topological polar surface area (TPSA) is 107 Å². The van der Waals surface area contributed by atoms with Gasteiger partial charge in [-0.2, -0.15) is 0 Å². The van der Waals surface area contributed by atoms with Gasteiger partial charge >= 0.3 is 0 Å². The van der Waals surface area contributed by atoms with E-state index in [0.717, 1.165) is 78.2 Å². The fourth-order valence-electron chi connectivity index (χ4n) is 9.71. The van der Waals surface area contributed by atoms with E-state index in [4.69, 9.17) is 34.8 Å². The molecular formula is C65H128O8. The number of ether oxygens (including phenoxy) is 6. The van der Waals surface area contributed by atoms with Crippen molar-refractivity contribution in [3.8, 4) is 71.5 Å². The van der Waals surface area contributed by atoms with Gasteiger partial charge in [-0.1, -0.05) is 122 Å². The van der Waals surface area contributed by atoms with Crippen molar-refractivity contribution >= 4 is 0 Å². The van der Waals surface area contributed by atoms with Gasteiger partial charge in [-0.05, 0) is 201 Å². The van der Waals surface area contributed by atoms with Crippen LogP contribution in [0.1, 0.15) is 263 Å². The lowest BCUT2D eigenvalue weighted by molar-refractivity contribution is 0.0620. The van der Waals surface area contributed by atoms with Crippen LogP contribution in [-0.4, -0.2) is 93.0 Å². The second-order valence-electron chi connectivity index (χ2n) is 20.2. The maximum atomic E-state index is 9.86. The van der Waals surface area contributed by atoms with Gasteiger partial charge in [-0.25, -0.2) is 0 Å². The highest BCUT2D eigenvalue weighted by Gasteiger charge is 2.20. The van der Waals surface area contributed by atoms with Crippen molar-refractivity contribution in [1.29, 1.82) is 0 Å². The molecule has 73 heavy (non-hydrogen) atoms. The molecule has 3 N–H and O–H groups in total. The maximum Gasteiger partial charge on any atom is 0.0610 e. The number of hydrogen-bond acceptors (Lipinski definition) is 7. The maximum absolute atomic E-state index is 9.86. The third-order valence-electron chi connectivity index (χ3n) is 14.0. The fourth-order valence-corrected chi connectivity index (χ4v) is 9.71. The summed E-state index contributed by atoms with van der Waals surface area (Å²) in [7, 11) is 0. The van der Waals surface area contributed by atoms with Crippen molar-refractivity contribution in [2.45, 2.75) is 288 Å². The summed E-state index contributed by atoms with van der Waals surface area (Å²) in [6, 6.07) is 0. The summed E-state index contributed by atoms with van der Waals surface area (Å²) in [6.45, 7) is 12.0. The second-order valence-corrected chi connectivity index (χ2v) is 20.2. The predicted octanol–water partition coefficient (Wildman–Crippen LogP) is 16.7. The zero-order chi connectivity index (χ0) is 51.5. The van der Waals surface area contributed by atoms with E-state index in [9.17, 15) is 5.11 Å². The van der Waals surface area contributed by atoms with E-state index in [2.05, 4.69) is 91.1 Å². The second kappa shape index (κ2) is 52.2. The molecule has 0 bridgehead atoms. The molecule has 8 heteroatoms. The first-order valence-electron chi connectivity index (χ1n) is 29.5. The lowest BCUT2D eigenvalue weighted by atomic mass is 10.0. The summed E-state index contributed by atoms with van der Waals surface area (Å²) in [4.78, 5) is 0. The Hall–Kier alpha value is -3.22. The van der Waals surface area contributed by atoms with E-state index >= 15 is 0 Å². The standard InChI is InChI=1S/C13H24O3.C13H24O2.C13H22O2.C13H28.C13H4.H2O.12H2/c14-11(5-7-12-3-1-9-15-12)6-8-13-4-2-10-16-13;2*1(2-6-12-8-4-10-14-12)3-7-13-9-5-11-15-13;2*1-3-5-7-9-11-13-12-10-8-6-4-2;;;;;;;;;;;;;/h11-14H,1-10H2;12-13H,1-11H2;1-2,12-13H,3-11H2;3-13H2,1-2H3;1H,2H3;1H2;12*1H/b;;2-1+;;;;;;;;;;;;;;;. The Morgan fingerprint density at radius 1 is 0.438 bits per heavy atom. The zero-order valence-electron chi connectivity index (χ0n) is 46.7. The Balaban J connectivity index is -0.0000000757. The molecule has 6 fully saturated rings. The SMILES string of the molecule is C#CC#CC#CC#CC#CC#CC.C(=C\CC1CCCO1)/CCC1CCCO1.C(CCC1CCCO1)CCC1CCCO1.CCCCCCCCCCCCC.O.OC(CCC1CCCO1)CCC1CCCO1.[HH].[HH].[HH].[HH].[HH].[HH].[HH].[HH].[HH].[HH].[HH].[HH]. The van der Waals surface area contributed by atoms with Gasteiger partial charge in [0.2, 0.25) is 0 Å². The molecular weight excluding hydrogens is 909 g/mol. The van der Waals surface area contributed by atoms with Crippen LogP contribution in [0.15, 0.2) is 12.2 Å². The molecule has 6 aliphatic heterocycles. The van der Waals surface area contributed by atoms with E-state index in [1.807, 2.05) is 0 Å². The van der Waals surface area contributed by atoms with Crippen LogP contribution < -0.4 is 0 Å². The van der Waals surface area contributed by atoms with Crippen molar-refractivity contribution in [2.24, 2.45) is 0 Å². The molecule has 0 saturated carbocycles. The Morgan fingerprint density at radius 2 is 0.767 bits per heavy atom. The molecule has 0 aromatic heterocycles. The average molecular weight is 1040 g/mol. The minimum absolute atomic E-state index is 0. The molecule has 436 valence electrons. The van der Waals surface area contributed by atoms with Crippen LogP contribution in [0, 0.1) is 71.5 Å². The largest absolute Gasteiger partial charge is 0.412 e. The zero-order valence-corrected chi connectivity index (χ0v) is 46.7. The number of allylic oxidation sites excluding steroid dienone is 1. The lowest BCUT2D eigenvalue weighted by Gasteiger charge is -2.15. The fraction of sp³-hybridized carbons (Fsp3) is 0.785. The van der Waals surface area contributed by atoms with Crippen molar-refractivity contribution < 1.29 is 56.1 Å². The van der Waals surface area contributed by atoms with Gasteiger partial charge in [0.15, 0.2) is 0 Å². The van der Waals surface area contributed by atoms with Gasteiger partial charge in [-0.3, -0.25) is 0 Å². The molecule has 8 nitrogen and oxygen atoms in total. The summed E-state index contributed by atoms with van der Waals surface area (Å²) in [6.07, 6.45) is 57.1. The number of hydrogen-bond donors (Lipinski definition) is 1. The molecule has 0 amide bonds. The number of aliphatic hydroxyl groups excluding tert-OH is 1. The van der Waals surface area contributed by atoms with E-state index in [0.29, 0.717) is 36.6 Å². The van der Waals surface area contributed by atoms with Crippen LogP contribution in [0.2, 0.25) is 0 Å². The average Bonchev–Trinajstić information content (AvgIpc) is 4.26. The molecule has 6 saturated heterocycles. The molecule has 6 atom stereocenters. The Morgan fingerprint density at radius 3 is 1.12 bits per heavy atom. The molecule has 6 heterocycles. The predicted molar refractivity (Wildman–Crippen MR) is 329 cm³/mol. The van der Waals surface area contributed by atoms with Gasteiger partial charge in [0.05, 0.1) is 42.7 Å². The molecule has 0 aromatic rings. The van der Waals surface area contributed by atoms with Crippen molar-refractivity contribution in [3.05, 3.63) is 12.2 Å². The van der Waals surface area contributed by atoms with Crippen molar-refractivity contribution in [2.75, 3.05) is 39.6 Å². The minimum Gasteiger partial charge on any atom is -0.412 e. The number of terminal acetylenes is 1. The monoisotopic (exact) mass is 1040 g/mol. The summed E-state index contributed by atoms with van der Waals surface area (Å²) < 4.78 is 33.4. The van der Waals surface area contributed by atoms with Gasteiger partial charge < -0.3 is 39.0 Å². The third-order valence-corrected chi connectivity index (χ3v) is 14.0. The first-order chi connectivity index (χ1) is 35.6. The number of rotatable bonds is 27. The first kappa shape index (κ1) is 67.8. The van der Waals surface area contributed by atoms with Gasteiger partial charge in [0, 0.05) is 56.8 Å². The molecule has 0 radical (unpaired) electrons. The molecule has 6 aliphatic rings. The van der Waals surface area contributed by atoms with E-state index in [1.54, 1.807) is 6.92 Å². The van der Waals surface area contributed by atoms with Crippen LogP contribution in [0.25, 0.3) is 0 Å². The highest BCUT2D eigenvalue weighted by molar-refractivity contribution is 5.43. The third kappa shape index (κ3) is 42.7. The summed E-state index contributed by atoms with van der Waals surface area (Å²) in [5.74, 6) is 26.9. The van der Waals surface area contributed by atoms with Crippen molar-refractivity contribution in [3.63, 3.8) is 0 Å². The quantitative estimate of drug-likeness (QED) is 0.0496. The van der Waals surface area contributed by atoms with Gasteiger partial charge in [-0.15, -0.1) is 6.42 Å². The molecule has 0 aliphatic carbocycles. The Kier molecular flexibility index (Phi) is 48.5. The van der Waals surface area contributed by atoms with Crippen LogP contribution in [0.3, 0.4) is 0 Å². The smallest absolute Gasteiger partial charge is 0.0610 e. The van der Waals surface area contributed by atoms with Gasteiger partial charge in [0.25, 0.3) is 0 Å². The molecule has 0 spiro atoms. The van der Waals surface area contributed by atoms with Crippen LogP contribution in [0.5, 0.6) is 0 Å². The Labute approximate surface area is 466 Å². The normalized spacial score (nSPS) is 22.5. The number of unbranched alkanes of at least 4 members (excludes halogenated alkanes) is 12. The number of aliphatic hydroxyl groups is 1. The van der Waals surface area contributed by atoms with E-state index in [-0.39, 0.29) is 28.7 Å². The molecule has 0 aromatic carbocycles. The van der Waals surface area contributed by atoms with Crippen LogP contribution >= 0.6 is 0 Å². The lowest BCUT2D eigenvalue weighted by Crippen LogP contribution is -2.15.